The van der Waals surface area contributed by atoms with Crippen molar-refractivity contribution in [1.82, 2.24) is 4.72 Å². The summed E-state index contributed by atoms with van der Waals surface area (Å²) in [4.78, 5) is 0.586. The monoisotopic (exact) mass is 333 g/mol. The summed E-state index contributed by atoms with van der Waals surface area (Å²) in [7, 11) is -1.97. The first-order valence-electron chi connectivity index (χ1n) is 5.97. The number of sulfonamides is 1. The molecule has 5 heteroatoms. The molecule has 3 nitrogen and oxygen atoms in total. The Balaban J connectivity index is 3.41. The number of hydrogen-bond donors (Lipinski definition) is 1. The van der Waals surface area contributed by atoms with Crippen molar-refractivity contribution >= 4 is 26.0 Å². The Morgan fingerprint density at radius 3 is 2.17 bits per heavy atom. The molecule has 2 atom stereocenters. The lowest BCUT2D eigenvalue weighted by Crippen LogP contribution is -2.24. The van der Waals surface area contributed by atoms with Gasteiger partial charge in [-0.05, 0) is 30.5 Å². The molecule has 0 saturated carbocycles. The molecule has 102 valence electrons. The second-order valence-electron chi connectivity index (χ2n) is 4.69. The lowest BCUT2D eigenvalue weighted by molar-refractivity contribution is 0.489. The van der Waals surface area contributed by atoms with Gasteiger partial charge in [0.25, 0.3) is 0 Å². The molecule has 0 spiro atoms. The molecule has 0 fully saturated rings. The highest BCUT2D eigenvalue weighted by Crippen LogP contribution is 2.35. The minimum Gasteiger partial charge on any atom is -0.214 e. The van der Waals surface area contributed by atoms with Gasteiger partial charge in [-0.25, -0.2) is 13.1 Å². The second-order valence-corrected chi connectivity index (χ2v) is 7.99. The van der Waals surface area contributed by atoms with Gasteiger partial charge in [0.2, 0.25) is 10.0 Å². The zero-order chi connectivity index (χ0) is 13.9. The predicted molar refractivity (Wildman–Crippen MR) is 78.7 cm³/mol. The van der Waals surface area contributed by atoms with Crippen LogP contribution in [0.1, 0.15) is 32.3 Å². The summed E-state index contributed by atoms with van der Waals surface area (Å²) in [6.45, 7) is 6.25. The van der Waals surface area contributed by atoms with Gasteiger partial charge in [-0.3, -0.25) is 0 Å². The van der Waals surface area contributed by atoms with Gasteiger partial charge in [-0.1, -0.05) is 54.9 Å². The van der Waals surface area contributed by atoms with E-state index in [2.05, 4.69) is 34.5 Å². The normalized spacial score (nSPS) is 15.7. The van der Waals surface area contributed by atoms with Gasteiger partial charge in [0, 0.05) is 4.83 Å². The van der Waals surface area contributed by atoms with Crippen LogP contribution in [0.15, 0.2) is 29.2 Å². The van der Waals surface area contributed by atoms with Gasteiger partial charge in [0.05, 0.1) is 4.90 Å². The molecule has 0 bridgehead atoms. The fourth-order valence-electron chi connectivity index (χ4n) is 2.25. The third-order valence-electron chi connectivity index (χ3n) is 3.05. The summed E-state index contributed by atoms with van der Waals surface area (Å²) in [6.07, 6.45) is 0. The summed E-state index contributed by atoms with van der Waals surface area (Å²) in [5, 5.41) is 0. The molecule has 1 rings (SSSR count). The van der Waals surface area contributed by atoms with Crippen molar-refractivity contribution in [3.63, 3.8) is 0 Å². The molecule has 0 radical (unpaired) electrons. The molecule has 0 aliphatic rings. The minimum absolute atomic E-state index is 0.157. The van der Waals surface area contributed by atoms with Crippen LogP contribution in [-0.4, -0.2) is 20.3 Å². The molecule has 1 aromatic carbocycles. The van der Waals surface area contributed by atoms with Crippen molar-refractivity contribution < 1.29 is 8.42 Å². The predicted octanol–water partition coefficient (Wildman–Crippen LogP) is 3.12. The van der Waals surface area contributed by atoms with Crippen molar-refractivity contribution in [3.05, 3.63) is 29.8 Å². The van der Waals surface area contributed by atoms with Crippen molar-refractivity contribution in [2.45, 2.75) is 36.4 Å². The van der Waals surface area contributed by atoms with Crippen LogP contribution in [0, 0.1) is 5.92 Å². The average molecular weight is 334 g/mol. The van der Waals surface area contributed by atoms with E-state index in [0.29, 0.717) is 10.8 Å². The van der Waals surface area contributed by atoms with E-state index >= 15 is 0 Å². The fourth-order valence-corrected chi connectivity index (χ4v) is 4.13. The van der Waals surface area contributed by atoms with Crippen molar-refractivity contribution in [2.24, 2.45) is 5.92 Å². The van der Waals surface area contributed by atoms with Crippen LogP contribution in [-0.2, 0) is 10.0 Å². The van der Waals surface area contributed by atoms with E-state index in [4.69, 9.17) is 0 Å². The number of hydrogen-bond acceptors (Lipinski definition) is 2. The Morgan fingerprint density at radius 1 is 1.17 bits per heavy atom. The summed E-state index contributed by atoms with van der Waals surface area (Å²) < 4.78 is 26.5. The Labute approximate surface area is 118 Å². The number of rotatable bonds is 5. The highest BCUT2D eigenvalue weighted by atomic mass is 79.9. The first-order valence-corrected chi connectivity index (χ1v) is 8.37. The van der Waals surface area contributed by atoms with Crippen LogP contribution in [0.4, 0.5) is 0 Å². The smallest absolute Gasteiger partial charge is 0.214 e. The highest BCUT2D eigenvalue weighted by molar-refractivity contribution is 9.09. The standard InChI is InChI=1S/C13H20BrNO2S/c1-9(2)13(10(3)14)11-7-5-6-8-12(11)18(16,17)15-4/h5-10,13,15H,1-4H3. The first kappa shape index (κ1) is 15.7. The number of alkyl halides is 1. The van der Waals surface area contributed by atoms with Crippen LogP contribution >= 0.6 is 15.9 Å². The van der Waals surface area contributed by atoms with E-state index in [0.717, 1.165) is 5.56 Å². The van der Waals surface area contributed by atoms with Crippen molar-refractivity contribution in [2.75, 3.05) is 7.05 Å². The minimum atomic E-state index is -3.41. The van der Waals surface area contributed by atoms with E-state index in [-0.39, 0.29) is 10.7 Å². The summed E-state index contributed by atoms with van der Waals surface area (Å²) in [5.41, 5.74) is 0.867. The van der Waals surface area contributed by atoms with Crippen LogP contribution in [0.25, 0.3) is 0 Å². The maximum atomic E-state index is 12.0. The quantitative estimate of drug-likeness (QED) is 0.841. The first-order chi connectivity index (χ1) is 8.31. The van der Waals surface area contributed by atoms with Crippen LogP contribution in [0.3, 0.4) is 0 Å². The molecule has 1 aromatic rings. The third kappa shape index (κ3) is 3.33. The van der Waals surface area contributed by atoms with Gasteiger partial charge in [0.15, 0.2) is 0 Å². The molecule has 0 aliphatic carbocycles. The Kier molecular flexibility index (Phi) is 5.37. The van der Waals surface area contributed by atoms with E-state index in [1.54, 1.807) is 12.1 Å². The average Bonchev–Trinajstić information content (AvgIpc) is 2.28. The van der Waals surface area contributed by atoms with E-state index < -0.39 is 10.0 Å². The summed E-state index contributed by atoms with van der Waals surface area (Å²) >= 11 is 3.59. The highest BCUT2D eigenvalue weighted by Gasteiger charge is 2.27. The summed E-state index contributed by atoms with van der Waals surface area (Å²) in [5.74, 6) is 0.511. The van der Waals surface area contributed by atoms with E-state index in [1.165, 1.54) is 7.05 Å². The number of benzene rings is 1. The van der Waals surface area contributed by atoms with Crippen LogP contribution in [0.2, 0.25) is 0 Å². The molecule has 0 heterocycles. The van der Waals surface area contributed by atoms with Gasteiger partial charge >= 0.3 is 0 Å². The van der Waals surface area contributed by atoms with Crippen LogP contribution in [0.5, 0.6) is 0 Å². The molecular weight excluding hydrogens is 314 g/mol. The number of halogens is 1. The molecule has 0 amide bonds. The van der Waals surface area contributed by atoms with Gasteiger partial charge in [0.1, 0.15) is 0 Å². The molecule has 0 aliphatic heterocycles. The Bertz CT molecular complexity index is 489. The largest absolute Gasteiger partial charge is 0.240 e. The third-order valence-corrected chi connectivity index (χ3v) is 5.11. The van der Waals surface area contributed by atoms with Gasteiger partial charge in [-0.2, -0.15) is 0 Å². The van der Waals surface area contributed by atoms with Crippen molar-refractivity contribution in [3.8, 4) is 0 Å². The molecular formula is C13H20BrNO2S. The molecule has 2 unspecified atom stereocenters. The summed E-state index contributed by atoms with van der Waals surface area (Å²) in [6, 6.07) is 7.19. The lowest BCUT2D eigenvalue weighted by atomic mass is 9.86. The lowest BCUT2D eigenvalue weighted by Gasteiger charge is -2.26. The SMILES string of the molecule is CNS(=O)(=O)c1ccccc1C(C(C)C)C(C)Br. The second kappa shape index (κ2) is 6.17. The van der Waals surface area contributed by atoms with E-state index in [1.807, 2.05) is 19.1 Å². The van der Waals surface area contributed by atoms with Gasteiger partial charge in [-0.15, -0.1) is 0 Å². The molecule has 1 N–H and O–H groups in total. The van der Waals surface area contributed by atoms with Crippen molar-refractivity contribution in [1.29, 1.82) is 0 Å². The van der Waals surface area contributed by atoms with E-state index in [9.17, 15) is 8.42 Å². The maximum absolute atomic E-state index is 12.0. The Morgan fingerprint density at radius 2 is 1.72 bits per heavy atom. The topological polar surface area (TPSA) is 46.2 Å². The van der Waals surface area contributed by atoms with Gasteiger partial charge < -0.3 is 0 Å². The van der Waals surface area contributed by atoms with Crippen LogP contribution < -0.4 is 4.72 Å². The zero-order valence-corrected chi connectivity index (χ0v) is 13.5. The maximum Gasteiger partial charge on any atom is 0.240 e. The molecule has 0 saturated heterocycles. The number of nitrogens with one attached hydrogen (secondary N) is 1. The molecule has 0 aromatic heterocycles. The Hall–Kier alpha value is -0.390. The zero-order valence-electron chi connectivity index (χ0n) is 11.1. The fraction of sp³-hybridized carbons (Fsp3) is 0.538. The molecule has 18 heavy (non-hydrogen) atoms.